The molecule has 0 aliphatic heterocycles. The van der Waals surface area contributed by atoms with Crippen molar-refractivity contribution in [3.05, 3.63) is 17.8 Å². The Balaban J connectivity index is 2.07. The van der Waals surface area contributed by atoms with E-state index in [0.717, 1.165) is 37.5 Å². The molecule has 0 amide bonds. The van der Waals surface area contributed by atoms with Gasteiger partial charge in [-0.1, -0.05) is 11.3 Å². The number of H-pyrrole nitrogens is 1. The van der Waals surface area contributed by atoms with Gasteiger partial charge in [-0.2, -0.15) is 5.10 Å². The van der Waals surface area contributed by atoms with Crippen LogP contribution in [0, 0.1) is 6.92 Å². The van der Waals surface area contributed by atoms with E-state index in [1.165, 1.54) is 0 Å². The van der Waals surface area contributed by atoms with Gasteiger partial charge in [0.2, 0.25) is 5.96 Å². The van der Waals surface area contributed by atoms with E-state index in [1.807, 2.05) is 20.0 Å². The summed E-state index contributed by atoms with van der Waals surface area (Å²) in [6.45, 7) is 5.93. The molecule has 0 fully saturated rings. The maximum Gasteiger partial charge on any atom is 0.223 e. The molecular weight excluding hydrogens is 284 g/mol. The van der Waals surface area contributed by atoms with E-state index in [1.54, 1.807) is 18.4 Å². The minimum absolute atomic E-state index is 0.564. The van der Waals surface area contributed by atoms with Gasteiger partial charge in [-0.05, 0) is 32.4 Å². The summed E-state index contributed by atoms with van der Waals surface area (Å²) in [5.41, 5.74) is 4.09. The fourth-order valence-corrected chi connectivity index (χ4v) is 3.13. The predicted molar refractivity (Wildman–Crippen MR) is 89.8 cm³/mol. The third-order valence-corrected chi connectivity index (χ3v) is 3.97. The molecule has 0 saturated heterocycles. The molecule has 1 aromatic carbocycles. The zero-order chi connectivity index (χ0) is 15.0. The van der Waals surface area contributed by atoms with Crippen molar-refractivity contribution in [3.8, 4) is 0 Å². The number of aliphatic imine (C=N–C) groups is 2. The van der Waals surface area contributed by atoms with Gasteiger partial charge in [0.05, 0.1) is 21.9 Å². The Morgan fingerprint density at radius 1 is 1.38 bits per heavy atom. The molecule has 3 rings (SSSR count). The summed E-state index contributed by atoms with van der Waals surface area (Å²) in [5.74, 6) is 0.564. The van der Waals surface area contributed by atoms with E-state index >= 15 is 0 Å². The minimum Gasteiger partial charge on any atom is -0.300 e. The van der Waals surface area contributed by atoms with Crippen molar-refractivity contribution in [2.45, 2.75) is 20.8 Å². The van der Waals surface area contributed by atoms with Gasteiger partial charge < -0.3 is 5.32 Å². The second-order valence-electron chi connectivity index (χ2n) is 4.95. The predicted octanol–water partition coefficient (Wildman–Crippen LogP) is 3.36. The van der Waals surface area contributed by atoms with Crippen LogP contribution in [0.15, 0.2) is 22.2 Å². The minimum atomic E-state index is 0.564. The van der Waals surface area contributed by atoms with Crippen molar-refractivity contribution >= 4 is 49.3 Å². The molecular formula is C14H16N6S. The van der Waals surface area contributed by atoms with Crippen LogP contribution in [0.2, 0.25) is 0 Å². The molecule has 0 unspecified atom stereocenters. The molecule has 3 aromatic rings. The van der Waals surface area contributed by atoms with E-state index in [2.05, 4.69) is 43.5 Å². The van der Waals surface area contributed by atoms with E-state index in [9.17, 15) is 0 Å². The maximum absolute atomic E-state index is 4.65. The average Bonchev–Trinajstić information content (AvgIpc) is 3.03. The van der Waals surface area contributed by atoms with E-state index in [-0.39, 0.29) is 0 Å². The lowest BCUT2D eigenvalue weighted by atomic mass is 10.1. The summed E-state index contributed by atoms with van der Waals surface area (Å²) >= 11 is 1.59. The molecule has 108 valence electrons. The van der Waals surface area contributed by atoms with Crippen LogP contribution in [0.4, 0.5) is 5.13 Å². The lowest BCUT2D eigenvalue weighted by molar-refractivity contribution is 1.11. The SMILES string of the molecule is CN=C(N=C(C)C)Nc1nc2c(cc(C)c3[nH]ncc32)s1. The second-order valence-corrected chi connectivity index (χ2v) is 5.98. The topological polar surface area (TPSA) is 78.3 Å². The van der Waals surface area contributed by atoms with Crippen LogP contribution in [0.3, 0.4) is 0 Å². The van der Waals surface area contributed by atoms with Crippen LogP contribution in [0.5, 0.6) is 0 Å². The quantitative estimate of drug-likeness (QED) is 0.534. The van der Waals surface area contributed by atoms with Crippen molar-refractivity contribution in [2.75, 3.05) is 12.4 Å². The fraction of sp³-hybridized carbons (Fsp3) is 0.286. The number of guanidine groups is 1. The first-order valence-electron chi connectivity index (χ1n) is 6.57. The smallest absolute Gasteiger partial charge is 0.223 e. The number of nitrogens with one attached hydrogen (secondary N) is 2. The summed E-state index contributed by atoms with van der Waals surface area (Å²) in [7, 11) is 1.71. The number of thiazole rings is 1. The number of anilines is 1. The molecule has 7 heteroatoms. The molecule has 0 radical (unpaired) electrons. The highest BCUT2D eigenvalue weighted by atomic mass is 32.1. The number of aromatic amines is 1. The molecule has 0 aliphatic carbocycles. The number of aromatic nitrogens is 3. The third kappa shape index (κ3) is 2.52. The summed E-state index contributed by atoms with van der Waals surface area (Å²) in [4.78, 5) is 13.1. The lowest BCUT2D eigenvalue weighted by Crippen LogP contribution is -2.10. The molecule has 21 heavy (non-hydrogen) atoms. The lowest BCUT2D eigenvalue weighted by Gasteiger charge is -2.00. The Hall–Kier alpha value is -2.28. The highest BCUT2D eigenvalue weighted by molar-refractivity contribution is 7.22. The first-order valence-corrected chi connectivity index (χ1v) is 7.39. The zero-order valence-electron chi connectivity index (χ0n) is 12.4. The number of hydrogen-bond donors (Lipinski definition) is 2. The molecule has 2 N–H and O–H groups in total. The third-order valence-electron chi connectivity index (χ3n) is 3.05. The van der Waals surface area contributed by atoms with Gasteiger partial charge in [-0.25, -0.2) is 9.98 Å². The molecule has 0 saturated carbocycles. The normalized spacial score (nSPS) is 12.1. The van der Waals surface area contributed by atoms with Crippen molar-refractivity contribution < 1.29 is 0 Å². The van der Waals surface area contributed by atoms with Crippen molar-refractivity contribution in [1.29, 1.82) is 0 Å². The van der Waals surface area contributed by atoms with Crippen molar-refractivity contribution in [1.82, 2.24) is 15.2 Å². The first-order chi connectivity index (χ1) is 10.1. The van der Waals surface area contributed by atoms with Crippen LogP contribution >= 0.6 is 11.3 Å². The van der Waals surface area contributed by atoms with Gasteiger partial charge in [0.1, 0.15) is 0 Å². The number of nitrogens with zero attached hydrogens (tertiary/aromatic N) is 4. The van der Waals surface area contributed by atoms with Crippen LogP contribution in [0.25, 0.3) is 21.1 Å². The Labute approximate surface area is 126 Å². The van der Waals surface area contributed by atoms with E-state index in [4.69, 9.17) is 0 Å². The van der Waals surface area contributed by atoms with Crippen molar-refractivity contribution in [3.63, 3.8) is 0 Å². The molecule has 0 atom stereocenters. The van der Waals surface area contributed by atoms with Gasteiger partial charge in [-0.15, -0.1) is 0 Å². The van der Waals surface area contributed by atoms with Gasteiger partial charge in [0.15, 0.2) is 5.13 Å². The summed E-state index contributed by atoms with van der Waals surface area (Å²) in [6.07, 6.45) is 1.82. The number of rotatable bonds is 1. The molecule has 6 nitrogen and oxygen atoms in total. The number of hydrogen-bond acceptors (Lipinski definition) is 4. The Morgan fingerprint density at radius 3 is 2.90 bits per heavy atom. The summed E-state index contributed by atoms with van der Waals surface area (Å²) in [6, 6.07) is 2.12. The largest absolute Gasteiger partial charge is 0.300 e. The van der Waals surface area contributed by atoms with Gasteiger partial charge in [-0.3, -0.25) is 10.1 Å². The van der Waals surface area contributed by atoms with E-state index < -0.39 is 0 Å². The highest BCUT2D eigenvalue weighted by Crippen LogP contribution is 2.32. The van der Waals surface area contributed by atoms with Crippen LogP contribution in [-0.4, -0.2) is 33.9 Å². The monoisotopic (exact) mass is 300 g/mol. The molecule has 2 heterocycles. The van der Waals surface area contributed by atoms with E-state index in [0.29, 0.717) is 5.96 Å². The molecule has 0 spiro atoms. The molecule has 0 aliphatic rings. The van der Waals surface area contributed by atoms with Crippen LogP contribution in [0.1, 0.15) is 19.4 Å². The maximum atomic E-state index is 4.65. The fourth-order valence-electron chi connectivity index (χ4n) is 2.15. The summed E-state index contributed by atoms with van der Waals surface area (Å²) in [5, 5.41) is 12.1. The first kappa shape index (κ1) is 13.7. The Kier molecular flexibility index (Phi) is 3.42. The highest BCUT2D eigenvalue weighted by Gasteiger charge is 2.12. The van der Waals surface area contributed by atoms with Gasteiger partial charge >= 0.3 is 0 Å². The Morgan fingerprint density at radius 2 is 2.19 bits per heavy atom. The Bertz CT molecular complexity index is 866. The van der Waals surface area contributed by atoms with Gasteiger partial charge in [0.25, 0.3) is 0 Å². The zero-order valence-corrected chi connectivity index (χ0v) is 13.2. The number of fused-ring (bicyclic) bond motifs is 3. The second kappa shape index (κ2) is 5.25. The standard InChI is InChI=1S/C14H16N6S/c1-7(2)17-13(15-4)19-14-18-12-9-6-16-20-11(9)8(3)5-10(12)21-14/h5-6H,1-4H3,(H,16,20)(H,15,18,19). The number of benzene rings is 1. The van der Waals surface area contributed by atoms with Crippen LogP contribution < -0.4 is 5.32 Å². The van der Waals surface area contributed by atoms with Gasteiger partial charge in [0, 0.05) is 18.1 Å². The summed E-state index contributed by atoms with van der Waals surface area (Å²) < 4.78 is 1.12. The molecule has 2 aromatic heterocycles. The van der Waals surface area contributed by atoms with Crippen LogP contribution in [-0.2, 0) is 0 Å². The molecule has 0 bridgehead atoms. The average molecular weight is 300 g/mol. The number of aryl methyl sites for hydroxylation is 1. The van der Waals surface area contributed by atoms with Crippen molar-refractivity contribution in [2.24, 2.45) is 9.98 Å².